The molecule has 2 heterocycles. The Balaban J connectivity index is 1.44. The van der Waals surface area contributed by atoms with E-state index in [4.69, 9.17) is 14.2 Å². The smallest absolute Gasteiger partial charge is 0.260 e. The molecule has 0 radical (unpaired) electrons. The van der Waals surface area contributed by atoms with Crippen LogP contribution in [0.2, 0.25) is 0 Å². The molecular formula is C27H31N3O5S. The Morgan fingerprint density at radius 3 is 2.47 bits per heavy atom. The van der Waals surface area contributed by atoms with E-state index in [1.807, 2.05) is 12.3 Å². The predicted molar refractivity (Wildman–Crippen MR) is 140 cm³/mol. The van der Waals surface area contributed by atoms with Crippen molar-refractivity contribution < 1.29 is 23.8 Å². The molecule has 0 saturated carbocycles. The number of hydrogen-bond donors (Lipinski definition) is 1. The van der Waals surface area contributed by atoms with Gasteiger partial charge in [0.05, 0.1) is 25.5 Å². The SMILES string of the molecule is CCOc1cc(C(=O)Nc2nc(-c3c(C)cc(C)cc3C)cs2)ccc1OCC(=O)N1CCOCC1. The third-order valence-corrected chi connectivity index (χ3v) is 6.64. The molecule has 1 saturated heterocycles. The Morgan fingerprint density at radius 1 is 1.06 bits per heavy atom. The second kappa shape index (κ2) is 11.5. The molecule has 1 aliphatic heterocycles. The summed E-state index contributed by atoms with van der Waals surface area (Å²) in [4.78, 5) is 31.7. The van der Waals surface area contributed by atoms with Crippen LogP contribution < -0.4 is 14.8 Å². The normalized spacial score (nSPS) is 13.4. The summed E-state index contributed by atoms with van der Waals surface area (Å²) in [6.07, 6.45) is 0. The lowest BCUT2D eigenvalue weighted by Gasteiger charge is -2.26. The fourth-order valence-corrected chi connectivity index (χ4v) is 4.98. The molecule has 1 aliphatic rings. The van der Waals surface area contributed by atoms with Crippen LogP contribution >= 0.6 is 11.3 Å². The molecule has 1 N–H and O–H groups in total. The number of carbonyl (C=O) groups excluding carboxylic acids is 2. The van der Waals surface area contributed by atoms with Crippen LogP contribution in [0.4, 0.5) is 5.13 Å². The second-order valence-corrected chi connectivity index (χ2v) is 9.50. The van der Waals surface area contributed by atoms with Gasteiger partial charge in [0.2, 0.25) is 0 Å². The van der Waals surface area contributed by atoms with Crippen LogP contribution in [0, 0.1) is 20.8 Å². The number of hydrogen-bond acceptors (Lipinski definition) is 7. The first-order valence-electron chi connectivity index (χ1n) is 12.0. The number of thiazole rings is 1. The zero-order chi connectivity index (χ0) is 25.7. The third kappa shape index (κ3) is 6.03. The minimum Gasteiger partial charge on any atom is -0.490 e. The van der Waals surface area contributed by atoms with Crippen LogP contribution in [0.15, 0.2) is 35.7 Å². The number of rotatable bonds is 8. The summed E-state index contributed by atoms with van der Waals surface area (Å²) in [5.74, 6) is 0.411. The topological polar surface area (TPSA) is 90.0 Å². The van der Waals surface area contributed by atoms with Crippen molar-refractivity contribution in [3.05, 3.63) is 58.0 Å². The van der Waals surface area contributed by atoms with Crippen molar-refractivity contribution in [1.29, 1.82) is 0 Å². The maximum absolute atomic E-state index is 13.0. The highest BCUT2D eigenvalue weighted by molar-refractivity contribution is 7.14. The minimum absolute atomic E-state index is 0.106. The second-order valence-electron chi connectivity index (χ2n) is 8.64. The lowest BCUT2D eigenvalue weighted by molar-refractivity contribution is -0.137. The summed E-state index contributed by atoms with van der Waals surface area (Å²) < 4.78 is 16.7. The summed E-state index contributed by atoms with van der Waals surface area (Å²) in [7, 11) is 0. The van der Waals surface area contributed by atoms with E-state index in [2.05, 4.69) is 43.2 Å². The number of anilines is 1. The van der Waals surface area contributed by atoms with Gasteiger partial charge in [0.25, 0.3) is 11.8 Å². The first kappa shape index (κ1) is 25.7. The molecule has 0 spiro atoms. The monoisotopic (exact) mass is 509 g/mol. The van der Waals surface area contributed by atoms with Crippen LogP contribution in [0.5, 0.6) is 11.5 Å². The maximum atomic E-state index is 13.0. The molecule has 2 aromatic carbocycles. The molecule has 2 amide bonds. The number of ether oxygens (including phenoxy) is 3. The van der Waals surface area contributed by atoms with Gasteiger partial charge in [0.15, 0.2) is 23.2 Å². The molecule has 8 nitrogen and oxygen atoms in total. The predicted octanol–water partition coefficient (Wildman–Crippen LogP) is 4.62. The molecule has 1 fully saturated rings. The number of aromatic nitrogens is 1. The van der Waals surface area contributed by atoms with Gasteiger partial charge in [-0.2, -0.15) is 0 Å². The first-order valence-corrected chi connectivity index (χ1v) is 12.8. The number of nitrogens with one attached hydrogen (secondary N) is 1. The Kier molecular flexibility index (Phi) is 8.22. The van der Waals surface area contributed by atoms with E-state index >= 15 is 0 Å². The highest BCUT2D eigenvalue weighted by Crippen LogP contribution is 2.32. The van der Waals surface area contributed by atoms with Gasteiger partial charge in [0, 0.05) is 29.6 Å². The average Bonchev–Trinajstić information content (AvgIpc) is 3.30. The molecule has 1 aromatic heterocycles. The number of amides is 2. The highest BCUT2D eigenvalue weighted by Gasteiger charge is 2.19. The van der Waals surface area contributed by atoms with Crippen LogP contribution in [0.25, 0.3) is 11.3 Å². The van der Waals surface area contributed by atoms with Gasteiger partial charge >= 0.3 is 0 Å². The Morgan fingerprint density at radius 2 is 1.78 bits per heavy atom. The fourth-order valence-electron chi connectivity index (χ4n) is 4.28. The molecular weight excluding hydrogens is 478 g/mol. The molecule has 36 heavy (non-hydrogen) atoms. The van der Waals surface area contributed by atoms with Crippen LogP contribution in [-0.4, -0.2) is 61.2 Å². The van der Waals surface area contributed by atoms with E-state index in [-0.39, 0.29) is 18.4 Å². The standard InChI is InChI=1S/C27H31N3O5S/c1-5-34-23-14-20(6-7-22(23)35-15-24(31)30-8-10-33-11-9-30)26(32)29-27-28-21(16-36-27)25-18(3)12-17(2)13-19(25)4/h6-7,12-14,16H,5,8-11,15H2,1-4H3,(H,28,29,32). The Bertz CT molecular complexity index is 1230. The largest absolute Gasteiger partial charge is 0.490 e. The van der Waals surface area contributed by atoms with Gasteiger partial charge in [-0.3, -0.25) is 14.9 Å². The molecule has 4 rings (SSSR count). The van der Waals surface area contributed by atoms with E-state index in [0.29, 0.717) is 55.1 Å². The van der Waals surface area contributed by atoms with Crippen molar-refractivity contribution in [2.45, 2.75) is 27.7 Å². The van der Waals surface area contributed by atoms with E-state index in [1.165, 1.54) is 16.9 Å². The summed E-state index contributed by atoms with van der Waals surface area (Å²) in [6.45, 7) is 10.5. The number of benzene rings is 2. The van der Waals surface area contributed by atoms with Gasteiger partial charge in [-0.15, -0.1) is 11.3 Å². The summed E-state index contributed by atoms with van der Waals surface area (Å²) in [5.41, 5.74) is 5.85. The quantitative estimate of drug-likeness (QED) is 0.477. The van der Waals surface area contributed by atoms with Gasteiger partial charge < -0.3 is 19.1 Å². The summed E-state index contributed by atoms with van der Waals surface area (Å²) in [6, 6.07) is 9.19. The van der Waals surface area contributed by atoms with E-state index in [9.17, 15) is 9.59 Å². The fraction of sp³-hybridized carbons (Fsp3) is 0.370. The van der Waals surface area contributed by atoms with E-state index < -0.39 is 0 Å². The lowest BCUT2D eigenvalue weighted by atomic mass is 9.98. The molecule has 0 unspecified atom stereocenters. The molecule has 3 aromatic rings. The third-order valence-electron chi connectivity index (χ3n) is 5.88. The van der Waals surface area contributed by atoms with Crippen LogP contribution in [-0.2, 0) is 9.53 Å². The van der Waals surface area contributed by atoms with Crippen molar-refractivity contribution >= 4 is 28.3 Å². The van der Waals surface area contributed by atoms with E-state index in [1.54, 1.807) is 23.1 Å². The molecule has 0 bridgehead atoms. The summed E-state index contributed by atoms with van der Waals surface area (Å²) in [5, 5.41) is 5.35. The van der Waals surface area contributed by atoms with Crippen molar-refractivity contribution in [1.82, 2.24) is 9.88 Å². The number of aryl methyl sites for hydroxylation is 3. The van der Waals surface area contributed by atoms with Gasteiger partial charge in [-0.05, 0) is 57.0 Å². The molecule has 9 heteroatoms. The summed E-state index contributed by atoms with van der Waals surface area (Å²) >= 11 is 1.38. The Labute approximate surface area is 215 Å². The zero-order valence-corrected chi connectivity index (χ0v) is 21.9. The van der Waals surface area contributed by atoms with Gasteiger partial charge in [-0.1, -0.05) is 17.7 Å². The van der Waals surface area contributed by atoms with Gasteiger partial charge in [0.1, 0.15) is 0 Å². The number of morpholine rings is 1. The molecule has 0 atom stereocenters. The first-order chi connectivity index (χ1) is 17.4. The average molecular weight is 510 g/mol. The van der Waals surface area contributed by atoms with Crippen molar-refractivity contribution in [2.24, 2.45) is 0 Å². The van der Waals surface area contributed by atoms with Crippen molar-refractivity contribution in [3.63, 3.8) is 0 Å². The van der Waals surface area contributed by atoms with Gasteiger partial charge in [-0.25, -0.2) is 4.98 Å². The van der Waals surface area contributed by atoms with Crippen molar-refractivity contribution in [2.75, 3.05) is 44.8 Å². The molecule has 0 aliphatic carbocycles. The highest BCUT2D eigenvalue weighted by atomic mass is 32.1. The van der Waals surface area contributed by atoms with Crippen molar-refractivity contribution in [3.8, 4) is 22.8 Å². The molecule has 190 valence electrons. The van der Waals surface area contributed by atoms with E-state index in [0.717, 1.165) is 22.4 Å². The number of carbonyl (C=O) groups is 2. The van der Waals surface area contributed by atoms with Crippen LogP contribution in [0.3, 0.4) is 0 Å². The number of nitrogens with zero attached hydrogens (tertiary/aromatic N) is 2. The zero-order valence-electron chi connectivity index (χ0n) is 21.1. The lowest BCUT2D eigenvalue weighted by Crippen LogP contribution is -2.43. The minimum atomic E-state index is -0.301. The van der Waals surface area contributed by atoms with Crippen LogP contribution in [0.1, 0.15) is 34.0 Å². The maximum Gasteiger partial charge on any atom is 0.260 e. The Hall–Kier alpha value is -3.43.